The van der Waals surface area contributed by atoms with Crippen LogP contribution in [0.1, 0.15) is 19.5 Å². The van der Waals surface area contributed by atoms with Crippen molar-refractivity contribution in [2.24, 2.45) is 0 Å². The molecule has 1 rings (SSSR count). The van der Waals surface area contributed by atoms with Gasteiger partial charge in [-0.05, 0) is 26.0 Å². The van der Waals surface area contributed by atoms with Gasteiger partial charge in [0.05, 0.1) is 19.5 Å². The van der Waals surface area contributed by atoms with E-state index in [1.165, 1.54) is 38.4 Å². The van der Waals surface area contributed by atoms with E-state index in [4.69, 9.17) is 21.0 Å². The highest BCUT2D eigenvalue weighted by Crippen LogP contribution is 2.13. The average Bonchev–Trinajstić information content (AvgIpc) is 2.68. The van der Waals surface area contributed by atoms with Gasteiger partial charge in [0, 0.05) is 12.7 Å². The van der Waals surface area contributed by atoms with E-state index in [2.05, 4.69) is 15.6 Å². The number of nitrogens with one attached hydrogen (secondary N) is 5. The first kappa shape index (κ1) is 22.7. The number of carbonyl (C=O) groups is 1. The Labute approximate surface area is 161 Å². The molecule has 0 bridgehead atoms. The summed E-state index contributed by atoms with van der Waals surface area (Å²) in [7, 11) is 1.26. The first-order chi connectivity index (χ1) is 13.3. The number of amides is 1. The Hall–Kier alpha value is -3.37. The highest BCUT2D eigenvalue weighted by Gasteiger charge is 2.25. The molecule has 0 aromatic carbocycles. The Bertz CT molecular complexity index is 768. The third-order valence-electron chi connectivity index (χ3n) is 3.58. The van der Waals surface area contributed by atoms with Crippen LogP contribution in [-0.2, 0) is 9.53 Å². The van der Waals surface area contributed by atoms with Crippen molar-refractivity contribution in [2.45, 2.75) is 26.3 Å². The van der Waals surface area contributed by atoms with Gasteiger partial charge in [0.25, 0.3) is 12.3 Å². The van der Waals surface area contributed by atoms with Crippen LogP contribution < -0.4 is 10.6 Å². The maximum absolute atomic E-state index is 12.9. The number of methoxy groups -OCH3 is 1. The molecule has 5 N–H and O–H groups in total. The summed E-state index contributed by atoms with van der Waals surface area (Å²) in [6.45, 7) is 3.53. The number of aromatic nitrogens is 1. The van der Waals surface area contributed by atoms with Gasteiger partial charge in [-0.2, -0.15) is 0 Å². The van der Waals surface area contributed by atoms with E-state index >= 15 is 0 Å². The third-order valence-corrected chi connectivity index (χ3v) is 3.58. The van der Waals surface area contributed by atoms with Gasteiger partial charge in [0.1, 0.15) is 17.1 Å². The molecule has 0 aliphatic rings. The summed E-state index contributed by atoms with van der Waals surface area (Å²) in [6, 6.07) is 2.94. The number of nitrogens with zero attached hydrogens (tertiary/aromatic N) is 2. The SMILES string of the molecule is CCN/C=C(\C(=N)OC)C(=O)Nc1cccc(C(=N)N(C=N)C(C)C(F)F)n1. The zero-order valence-electron chi connectivity index (χ0n) is 15.7. The Balaban J connectivity index is 3.07. The van der Waals surface area contributed by atoms with Gasteiger partial charge < -0.3 is 20.3 Å². The van der Waals surface area contributed by atoms with E-state index in [0.717, 1.165) is 4.90 Å². The first-order valence-electron chi connectivity index (χ1n) is 8.27. The Kier molecular flexibility index (Phi) is 8.66. The van der Waals surface area contributed by atoms with Crippen LogP contribution in [0.4, 0.5) is 14.6 Å². The number of rotatable bonds is 9. The van der Waals surface area contributed by atoms with Crippen molar-refractivity contribution in [3.05, 3.63) is 35.7 Å². The molecule has 1 aromatic heterocycles. The highest BCUT2D eigenvalue weighted by atomic mass is 19.3. The molecule has 1 atom stereocenters. The van der Waals surface area contributed by atoms with Crippen LogP contribution in [0, 0.1) is 16.2 Å². The number of carbonyl (C=O) groups excluding carboxylic acids is 1. The van der Waals surface area contributed by atoms with Crippen LogP contribution in [0.5, 0.6) is 0 Å². The summed E-state index contributed by atoms with van der Waals surface area (Å²) >= 11 is 0. The molecule has 0 radical (unpaired) electrons. The molecule has 0 fully saturated rings. The number of hydrogen-bond donors (Lipinski definition) is 5. The molecule has 1 aromatic rings. The van der Waals surface area contributed by atoms with Gasteiger partial charge in [-0.25, -0.2) is 13.8 Å². The lowest BCUT2D eigenvalue weighted by molar-refractivity contribution is -0.112. The smallest absolute Gasteiger partial charge is 0.263 e. The second kappa shape index (κ2) is 10.7. The maximum atomic E-state index is 12.9. The van der Waals surface area contributed by atoms with Crippen molar-refractivity contribution in [1.29, 1.82) is 16.2 Å². The molecule has 1 amide bonds. The van der Waals surface area contributed by atoms with Gasteiger partial charge >= 0.3 is 0 Å². The molecule has 0 aliphatic carbocycles. The summed E-state index contributed by atoms with van der Waals surface area (Å²) in [6.07, 6.45) is -0.805. The Morgan fingerprint density at radius 3 is 2.61 bits per heavy atom. The predicted molar refractivity (Wildman–Crippen MR) is 102 cm³/mol. The van der Waals surface area contributed by atoms with E-state index in [9.17, 15) is 13.6 Å². The topological polar surface area (TPSA) is 138 Å². The molecular weight excluding hydrogens is 372 g/mol. The standard InChI is InChI=1S/C17H23F2N7O2/c1-4-23-8-11(16(22)28-3)17(27)25-13-7-5-6-12(24-13)15(21)26(9-20)10(2)14(18)19/h5-10,14,20-23H,4H2,1-3H3,(H,24,25,27)/b11-8+,20-9?,21-15?,22-16?. The van der Waals surface area contributed by atoms with Crippen molar-refractivity contribution in [2.75, 3.05) is 19.0 Å². The molecule has 28 heavy (non-hydrogen) atoms. The van der Waals surface area contributed by atoms with Gasteiger partial charge in [0.2, 0.25) is 5.90 Å². The van der Waals surface area contributed by atoms with E-state index in [1.54, 1.807) is 0 Å². The fourth-order valence-electron chi connectivity index (χ4n) is 2.01. The number of halogens is 2. The van der Waals surface area contributed by atoms with Crippen LogP contribution in [0.3, 0.4) is 0 Å². The molecule has 0 aliphatic heterocycles. The lowest BCUT2D eigenvalue weighted by Gasteiger charge is -2.25. The molecule has 0 spiro atoms. The monoisotopic (exact) mass is 395 g/mol. The second-order valence-electron chi connectivity index (χ2n) is 5.47. The minimum absolute atomic E-state index is 0.00664. The van der Waals surface area contributed by atoms with Gasteiger partial charge in [-0.1, -0.05) is 6.07 Å². The summed E-state index contributed by atoms with van der Waals surface area (Å²) in [5.41, 5.74) is -0.0769. The van der Waals surface area contributed by atoms with Crippen LogP contribution in [-0.4, -0.2) is 60.0 Å². The average molecular weight is 395 g/mol. The van der Waals surface area contributed by atoms with E-state index in [-0.39, 0.29) is 23.0 Å². The maximum Gasteiger partial charge on any atom is 0.263 e. The van der Waals surface area contributed by atoms with Crippen LogP contribution in [0.2, 0.25) is 0 Å². The molecule has 11 heteroatoms. The fourth-order valence-corrected chi connectivity index (χ4v) is 2.01. The minimum Gasteiger partial charge on any atom is -0.481 e. The van der Waals surface area contributed by atoms with Crippen molar-refractivity contribution in [1.82, 2.24) is 15.2 Å². The van der Waals surface area contributed by atoms with Crippen LogP contribution in [0.25, 0.3) is 0 Å². The second-order valence-corrected chi connectivity index (χ2v) is 5.47. The minimum atomic E-state index is -2.76. The Morgan fingerprint density at radius 2 is 2.07 bits per heavy atom. The normalized spacial score (nSPS) is 12.1. The summed E-state index contributed by atoms with van der Waals surface area (Å²) in [5.74, 6) is -1.39. The first-order valence-corrected chi connectivity index (χ1v) is 8.27. The molecular formula is C17H23F2N7O2. The molecule has 152 valence electrons. The number of alkyl halides is 2. The fraction of sp³-hybridized carbons (Fsp3) is 0.353. The number of hydrogen-bond acceptors (Lipinski definition) is 7. The summed E-state index contributed by atoms with van der Waals surface area (Å²) in [5, 5.41) is 28.3. The zero-order chi connectivity index (χ0) is 21.3. The van der Waals surface area contributed by atoms with Crippen molar-refractivity contribution in [3.63, 3.8) is 0 Å². The quantitative estimate of drug-likeness (QED) is 0.247. The molecule has 1 unspecified atom stereocenters. The predicted octanol–water partition coefficient (Wildman–Crippen LogP) is 2.03. The number of ether oxygens (including phenoxy) is 1. The zero-order valence-corrected chi connectivity index (χ0v) is 15.7. The molecule has 0 saturated carbocycles. The summed E-state index contributed by atoms with van der Waals surface area (Å²) in [4.78, 5) is 17.2. The largest absolute Gasteiger partial charge is 0.481 e. The molecule has 1 heterocycles. The summed E-state index contributed by atoms with van der Waals surface area (Å²) < 4.78 is 30.6. The van der Waals surface area contributed by atoms with Gasteiger partial charge in [-0.15, -0.1) is 0 Å². The van der Waals surface area contributed by atoms with Crippen LogP contribution >= 0.6 is 0 Å². The Morgan fingerprint density at radius 1 is 1.39 bits per heavy atom. The third kappa shape index (κ3) is 5.83. The van der Waals surface area contributed by atoms with Gasteiger partial charge in [0.15, 0.2) is 5.84 Å². The van der Waals surface area contributed by atoms with E-state index in [0.29, 0.717) is 12.9 Å². The molecule has 9 nitrogen and oxygen atoms in total. The van der Waals surface area contributed by atoms with E-state index in [1.807, 2.05) is 6.92 Å². The molecule has 0 saturated heterocycles. The van der Waals surface area contributed by atoms with Crippen molar-refractivity contribution >= 4 is 29.8 Å². The number of pyridine rings is 1. The van der Waals surface area contributed by atoms with Crippen molar-refractivity contribution < 1.29 is 18.3 Å². The number of anilines is 1. The van der Waals surface area contributed by atoms with Crippen molar-refractivity contribution in [3.8, 4) is 0 Å². The van der Waals surface area contributed by atoms with Crippen LogP contribution in [0.15, 0.2) is 30.0 Å². The van der Waals surface area contributed by atoms with E-state index < -0.39 is 24.2 Å². The van der Waals surface area contributed by atoms with Gasteiger partial charge in [-0.3, -0.25) is 21.0 Å². The lowest BCUT2D eigenvalue weighted by Crippen LogP contribution is -2.41. The lowest BCUT2D eigenvalue weighted by atomic mass is 10.2. The highest BCUT2D eigenvalue weighted by molar-refractivity contribution is 6.21. The number of amidine groups is 1.